The summed E-state index contributed by atoms with van der Waals surface area (Å²) in [6.45, 7) is 1.76. The van der Waals surface area contributed by atoms with Crippen molar-refractivity contribution in [2.75, 3.05) is 13.1 Å². The van der Waals surface area contributed by atoms with Crippen molar-refractivity contribution in [1.82, 2.24) is 9.88 Å². The zero-order valence-electron chi connectivity index (χ0n) is 9.45. The molecule has 1 aliphatic heterocycles. The van der Waals surface area contributed by atoms with Gasteiger partial charge in [0, 0.05) is 18.9 Å². The number of pyridine rings is 1. The first-order chi connectivity index (χ1) is 8.05. The summed E-state index contributed by atoms with van der Waals surface area (Å²) in [7, 11) is 0. The van der Waals surface area contributed by atoms with Crippen molar-refractivity contribution < 1.29 is 13.2 Å². The molecular formula is C12H15F3N2. The highest BCUT2D eigenvalue weighted by Gasteiger charge is 2.40. The summed E-state index contributed by atoms with van der Waals surface area (Å²) >= 11 is 0. The monoisotopic (exact) mass is 244 g/mol. The van der Waals surface area contributed by atoms with Crippen LogP contribution in [0.3, 0.4) is 0 Å². The molecule has 2 heterocycles. The van der Waals surface area contributed by atoms with E-state index in [2.05, 4.69) is 9.88 Å². The molecule has 0 aromatic carbocycles. The third-order valence-electron chi connectivity index (χ3n) is 3.21. The summed E-state index contributed by atoms with van der Waals surface area (Å²) in [5, 5.41) is 0. The van der Waals surface area contributed by atoms with E-state index in [4.69, 9.17) is 0 Å². The first kappa shape index (κ1) is 12.4. The number of halogens is 3. The van der Waals surface area contributed by atoms with E-state index in [1.54, 1.807) is 12.4 Å². The molecular weight excluding hydrogens is 229 g/mol. The Bertz CT molecular complexity index is 343. The van der Waals surface area contributed by atoms with Gasteiger partial charge in [-0.05, 0) is 43.6 Å². The van der Waals surface area contributed by atoms with Crippen LogP contribution in [0.15, 0.2) is 24.5 Å². The van der Waals surface area contributed by atoms with Crippen molar-refractivity contribution in [3.05, 3.63) is 30.1 Å². The second-order valence-corrected chi connectivity index (χ2v) is 4.45. The van der Waals surface area contributed by atoms with Crippen LogP contribution in [-0.2, 0) is 6.54 Å². The molecule has 1 fully saturated rings. The lowest BCUT2D eigenvalue weighted by atomic mass is 9.96. The highest BCUT2D eigenvalue weighted by Crippen LogP contribution is 2.34. The van der Waals surface area contributed by atoms with Gasteiger partial charge in [-0.15, -0.1) is 0 Å². The summed E-state index contributed by atoms with van der Waals surface area (Å²) < 4.78 is 37.4. The molecule has 94 valence electrons. The van der Waals surface area contributed by atoms with Crippen LogP contribution in [-0.4, -0.2) is 29.1 Å². The van der Waals surface area contributed by atoms with E-state index in [9.17, 15) is 13.2 Å². The lowest BCUT2D eigenvalue weighted by Gasteiger charge is -2.32. The quantitative estimate of drug-likeness (QED) is 0.795. The van der Waals surface area contributed by atoms with Crippen LogP contribution in [0.5, 0.6) is 0 Å². The number of hydrogen-bond donors (Lipinski definition) is 0. The Kier molecular flexibility index (Phi) is 3.66. The molecule has 0 N–H and O–H groups in total. The number of rotatable bonds is 2. The topological polar surface area (TPSA) is 16.1 Å². The maximum absolute atomic E-state index is 12.5. The van der Waals surface area contributed by atoms with Gasteiger partial charge in [0.2, 0.25) is 0 Å². The third-order valence-corrected chi connectivity index (χ3v) is 3.21. The predicted molar refractivity (Wildman–Crippen MR) is 58.3 cm³/mol. The largest absolute Gasteiger partial charge is 0.391 e. The zero-order chi connectivity index (χ0) is 12.3. The van der Waals surface area contributed by atoms with E-state index in [0.29, 0.717) is 19.6 Å². The minimum atomic E-state index is -4.03. The van der Waals surface area contributed by atoms with Gasteiger partial charge in [0.1, 0.15) is 0 Å². The Morgan fingerprint density at radius 1 is 1.18 bits per heavy atom. The van der Waals surface area contributed by atoms with Crippen LogP contribution in [0.4, 0.5) is 13.2 Å². The highest BCUT2D eigenvalue weighted by molar-refractivity contribution is 5.09. The van der Waals surface area contributed by atoms with Crippen LogP contribution in [0, 0.1) is 5.92 Å². The van der Waals surface area contributed by atoms with Crippen LogP contribution in [0.25, 0.3) is 0 Å². The number of likely N-dealkylation sites (tertiary alicyclic amines) is 1. The number of piperidine rings is 1. The molecule has 2 nitrogen and oxygen atoms in total. The number of aromatic nitrogens is 1. The molecule has 5 heteroatoms. The van der Waals surface area contributed by atoms with E-state index < -0.39 is 12.1 Å². The van der Waals surface area contributed by atoms with Gasteiger partial charge in [-0.3, -0.25) is 9.88 Å². The van der Waals surface area contributed by atoms with E-state index in [1.807, 2.05) is 12.1 Å². The van der Waals surface area contributed by atoms with Gasteiger partial charge < -0.3 is 0 Å². The highest BCUT2D eigenvalue weighted by atomic mass is 19.4. The van der Waals surface area contributed by atoms with Crippen LogP contribution < -0.4 is 0 Å². The Morgan fingerprint density at radius 3 is 2.29 bits per heavy atom. The average molecular weight is 244 g/mol. The minimum Gasteiger partial charge on any atom is -0.299 e. The Hall–Kier alpha value is -1.10. The van der Waals surface area contributed by atoms with Crippen molar-refractivity contribution >= 4 is 0 Å². The smallest absolute Gasteiger partial charge is 0.299 e. The average Bonchev–Trinajstić information content (AvgIpc) is 2.30. The molecule has 1 aromatic heterocycles. The lowest BCUT2D eigenvalue weighted by Crippen LogP contribution is -2.38. The zero-order valence-corrected chi connectivity index (χ0v) is 9.45. The Balaban J connectivity index is 1.84. The Labute approximate surface area is 98.5 Å². The van der Waals surface area contributed by atoms with E-state index >= 15 is 0 Å². The van der Waals surface area contributed by atoms with Crippen molar-refractivity contribution in [2.24, 2.45) is 5.92 Å². The van der Waals surface area contributed by atoms with Gasteiger partial charge in [0.05, 0.1) is 5.92 Å². The molecule has 17 heavy (non-hydrogen) atoms. The van der Waals surface area contributed by atoms with Crippen LogP contribution in [0.1, 0.15) is 18.4 Å². The summed E-state index contributed by atoms with van der Waals surface area (Å²) in [4.78, 5) is 5.98. The Morgan fingerprint density at radius 2 is 1.76 bits per heavy atom. The second kappa shape index (κ2) is 5.04. The van der Waals surface area contributed by atoms with Crippen LogP contribution in [0.2, 0.25) is 0 Å². The summed E-state index contributed by atoms with van der Waals surface area (Å²) in [5.41, 5.74) is 1.10. The fourth-order valence-corrected chi connectivity index (χ4v) is 2.16. The molecule has 1 aliphatic rings. The molecule has 1 aromatic rings. The number of nitrogens with zero attached hydrogens (tertiary/aromatic N) is 2. The van der Waals surface area contributed by atoms with Crippen LogP contribution >= 0.6 is 0 Å². The van der Waals surface area contributed by atoms with Crippen molar-refractivity contribution in [3.8, 4) is 0 Å². The van der Waals surface area contributed by atoms with Gasteiger partial charge >= 0.3 is 6.18 Å². The minimum absolute atomic E-state index is 0.217. The molecule has 0 bridgehead atoms. The molecule has 0 atom stereocenters. The predicted octanol–water partition coefficient (Wildman–Crippen LogP) is 2.86. The summed E-state index contributed by atoms with van der Waals surface area (Å²) in [6, 6.07) is 3.80. The van der Waals surface area contributed by atoms with E-state index in [1.165, 1.54) is 0 Å². The molecule has 0 aliphatic carbocycles. The summed E-state index contributed by atoms with van der Waals surface area (Å²) in [5.74, 6) is -1.11. The third kappa shape index (κ3) is 3.43. The van der Waals surface area contributed by atoms with Gasteiger partial charge in [-0.2, -0.15) is 13.2 Å². The first-order valence-electron chi connectivity index (χ1n) is 5.73. The summed E-state index contributed by atoms with van der Waals surface area (Å²) in [6.07, 6.45) is -0.179. The number of alkyl halides is 3. The molecule has 1 saturated heterocycles. The lowest BCUT2D eigenvalue weighted by molar-refractivity contribution is -0.185. The fraction of sp³-hybridized carbons (Fsp3) is 0.583. The standard InChI is InChI=1S/C12H15F3N2/c13-12(14,15)11-3-7-17(8-4-11)9-10-1-5-16-6-2-10/h1-2,5-6,11H,3-4,7-9H2. The second-order valence-electron chi connectivity index (χ2n) is 4.45. The molecule has 0 spiro atoms. The van der Waals surface area contributed by atoms with Gasteiger partial charge in [0.15, 0.2) is 0 Å². The molecule has 2 rings (SSSR count). The first-order valence-corrected chi connectivity index (χ1v) is 5.73. The molecule has 0 radical (unpaired) electrons. The van der Waals surface area contributed by atoms with Gasteiger partial charge in [0.25, 0.3) is 0 Å². The van der Waals surface area contributed by atoms with Crippen molar-refractivity contribution in [1.29, 1.82) is 0 Å². The fourth-order valence-electron chi connectivity index (χ4n) is 2.16. The molecule has 0 unspecified atom stereocenters. The normalized spacial score (nSPS) is 19.5. The SMILES string of the molecule is FC(F)(F)C1CCN(Cc2ccncc2)CC1. The maximum atomic E-state index is 12.5. The van der Waals surface area contributed by atoms with Crippen molar-refractivity contribution in [2.45, 2.75) is 25.6 Å². The number of hydrogen-bond acceptors (Lipinski definition) is 2. The van der Waals surface area contributed by atoms with Crippen molar-refractivity contribution in [3.63, 3.8) is 0 Å². The molecule has 0 saturated carbocycles. The van der Waals surface area contributed by atoms with E-state index in [-0.39, 0.29) is 12.8 Å². The molecule has 0 amide bonds. The van der Waals surface area contributed by atoms with Gasteiger partial charge in [-0.1, -0.05) is 0 Å². The van der Waals surface area contributed by atoms with E-state index in [0.717, 1.165) is 5.56 Å². The van der Waals surface area contributed by atoms with Gasteiger partial charge in [-0.25, -0.2) is 0 Å². The maximum Gasteiger partial charge on any atom is 0.391 e.